The molecule has 1 unspecified atom stereocenters. The van der Waals surface area contributed by atoms with Crippen molar-refractivity contribution in [1.82, 2.24) is 9.47 Å². The molecule has 8 nitrogen and oxygen atoms in total. The first-order valence-corrected chi connectivity index (χ1v) is 9.08. The lowest BCUT2D eigenvalue weighted by Crippen LogP contribution is -2.42. The molecule has 0 saturated carbocycles. The van der Waals surface area contributed by atoms with E-state index >= 15 is 0 Å². The van der Waals surface area contributed by atoms with E-state index in [2.05, 4.69) is 5.32 Å². The van der Waals surface area contributed by atoms with Gasteiger partial charge in [-0.3, -0.25) is 9.59 Å². The molecule has 8 heteroatoms. The minimum atomic E-state index is -0.291. The number of anilines is 1. The molecular weight excluding hydrogens is 348 g/mol. The summed E-state index contributed by atoms with van der Waals surface area (Å²) in [6, 6.07) is 7.58. The summed E-state index contributed by atoms with van der Waals surface area (Å²) in [5.41, 5.74) is 7.21. The molecular formula is C19H26N4O4. The predicted octanol–water partition coefficient (Wildman–Crippen LogP) is 0.802. The van der Waals surface area contributed by atoms with Crippen molar-refractivity contribution >= 4 is 28.4 Å². The Morgan fingerprint density at radius 1 is 1.30 bits per heavy atom. The summed E-state index contributed by atoms with van der Waals surface area (Å²) in [5.74, 6) is -0.0610. The zero-order valence-corrected chi connectivity index (χ0v) is 15.5. The Kier molecular flexibility index (Phi) is 6.44. The van der Waals surface area contributed by atoms with Gasteiger partial charge in [0.1, 0.15) is 6.54 Å². The van der Waals surface area contributed by atoms with Gasteiger partial charge in [0.2, 0.25) is 11.8 Å². The second kappa shape index (κ2) is 8.98. The molecule has 0 bridgehead atoms. The Bertz CT molecular complexity index is 794. The van der Waals surface area contributed by atoms with Crippen molar-refractivity contribution in [3.05, 3.63) is 30.5 Å². The fourth-order valence-electron chi connectivity index (χ4n) is 3.16. The Hall–Kier alpha value is -2.42. The SMILES string of the molecule is COC(CN)CC(=O)Nc1ccc2c(ccn2CC(=O)N2CCOCC2)c1. The zero-order valence-electron chi connectivity index (χ0n) is 15.5. The van der Waals surface area contributed by atoms with E-state index in [1.54, 1.807) is 0 Å². The Morgan fingerprint density at radius 2 is 2.07 bits per heavy atom. The Labute approximate surface area is 158 Å². The van der Waals surface area contributed by atoms with Crippen LogP contribution in [0, 0.1) is 0 Å². The quantitative estimate of drug-likeness (QED) is 0.747. The number of aromatic nitrogens is 1. The van der Waals surface area contributed by atoms with Crippen molar-refractivity contribution in [2.75, 3.05) is 45.3 Å². The topological polar surface area (TPSA) is 98.8 Å². The smallest absolute Gasteiger partial charge is 0.242 e. The third kappa shape index (κ3) is 4.85. The number of hydrogen-bond acceptors (Lipinski definition) is 5. The van der Waals surface area contributed by atoms with Crippen LogP contribution in [0.15, 0.2) is 30.5 Å². The molecule has 1 aliphatic heterocycles. The van der Waals surface area contributed by atoms with E-state index in [4.69, 9.17) is 15.2 Å². The van der Waals surface area contributed by atoms with Gasteiger partial charge in [-0.25, -0.2) is 0 Å². The highest BCUT2D eigenvalue weighted by Crippen LogP contribution is 2.21. The van der Waals surface area contributed by atoms with Crippen LogP contribution in [0.5, 0.6) is 0 Å². The fraction of sp³-hybridized carbons (Fsp3) is 0.474. The van der Waals surface area contributed by atoms with E-state index in [0.29, 0.717) is 45.1 Å². The molecule has 0 radical (unpaired) electrons. The third-order valence-electron chi connectivity index (χ3n) is 4.73. The Morgan fingerprint density at radius 3 is 2.78 bits per heavy atom. The van der Waals surface area contributed by atoms with Gasteiger partial charge < -0.3 is 30.0 Å². The number of methoxy groups -OCH3 is 1. The first-order valence-electron chi connectivity index (χ1n) is 9.08. The summed E-state index contributed by atoms with van der Waals surface area (Å²) in [6.07, 6.45) is 1.81. The lowest BCUT2D eigenvalue weighted by molar-refractivity contribution is -0.135. The van der Waals surface area contributed by atoms with Crippen LogP contribution < -0.4 is 11.1 Å². The van der Waals surface area contributed by atoms with Crippen LogP contribution in [0.2, 0.25) is 0 Å². The third-order valence-corrected chi connectivity index (χ3v) is 4.73. The van der Waals surface area contributed by atoms with Gasteiger partial charge in [0, 0.05) is 49.5 Å². The normalized spacial score (nSPS) is 15.7. The van der Waals surface area contributed by atoms with Gasteiger partial charge in [0.25, 0.3) is 0 Å². The molecule has 1 saturated heterocycles. The number of benzene rings is 1. The summed E-state index contributed by atoms with van der Waals surface area (Å²) in [6.45, 7) is 3.05. The van der Waals surface area contributed by atoms with Gasteiger partial charge in [0.15, 0.2) is 0 Å². The molecule has 1 aromatic carbocycles. The van der Waals surface area contributed by atoms with Crippen LogP contribution >= 0.6 is 0 Å². The maximum absolute atomic E-state index is 12.5. The summed E-state index contributed by atoms with van der Waals surface area (Å²) < 4.78 is 12.3. The molecule has 1 aromatic heterocycles. The summed E-state index contributed by atoms with van der Waals surface area (Å²) >= 11 is 0. The van der Waals surface area contributed by atoms with Crippen molar-refractivity contribution in [3.63, 3.8) is 0 Å². The Balaban J connectivity index is 1.65. The minimum Gasteiger partial charge on any atom is -0.380 e. The van der Waals surface area contributed by atoms with E-state index in [1.807, 2.05) is 39.9 Å². The standard InChI is InChI=1S/C19H26N4O4/c1-26-16(12-20)11-18(24)21-15-2-3-17-14(10-15)4-5-23(17)13-19(25)22-6-8-27-9-7-22/h2-5,10,16H,6-9,11-13,20H2,1H3,(H,21,24). The molecule has 1 atom stereocenters. The zero-order chi connectivity index (χ0) is 19.2. The molecule has 146 valence electrons. The largest absolute Gasteiger partial charge is 0.380 e. The first kappa shape index (κ1) is 19.3. The van der Waals surface area contributed by atoms with E-state index in [1.165, 1.54) is 7.11 Å². The average molecular weight is 374 g/mol. The number of nitrogens with one attached hydrogen (secondary N) is 1. The molecule has 27 heavy (non-hydrogen) atoms. The molecule has 3 N–H and O–H groups in total. The van der Waals surface area contributed by atoms with Crippen molar-refractivity contribution in [3.8, 4) is 0 Å². The fourth-order valence-corrected chi connectivity index (χ4v) is 3.16. The number of ether oxygens (including phenoxy) is 2. The predicted molar refractivity (Wildman–Crippen MR) is 102 cm³/mol. The number of morpholine rings is 1. The van der Waals surface area contributed by atoms with Crippen LogP contribution in [0.1, 0.15) is 6.42 Å². The van der Waals surface area contributed by atoms with Gasteiger partial charge in [-0.1, -0.05) is 0 Å². The van der Waals surface area contributed by atoms with Crippen LogP contribution in [0.3, 0.4) is 0 Å². The maximum atomic E-state index is 12.5. The van der Waals surface area contributed by atoms with Gasteiger partial charge in [0.05, 0.1) is 25.7 Å². The van der Waals surface area contributed by atoms with E-state index < -0.39 is 0 Å². The van der Waals surface area contributed by atoms with E-state index in [-0.39, 0.29) is 24.3 Å². The van der Waals surface area contributed by atoms with E-state index in [9.17, 15) is 9.59 Å². The molecule has 0 spiro atoms. The van der Waals surface area contributed by atoms with Crippen LogP contribution in [-0.2, 0) is 25.6 Å². The van der Waals surface area contributed by atoms with E-state index in [0.717, 1.165) is 10.9 Å². The highest BCUT2D eigenvalue weighted by atomic mass is 16.5. The van der Waals surface area contributed by atoms with Crippen LogP contribution in [0.4, 0.5) is 5.69 Å². The number of hydrogen-bond donors (Lipinski definition) is 2. The van der Waals surface area contributed by atoms with Gasteiger partial charge in [-0.05, 0) is 24.3 Å². The highest BCUT2D eigenvalue weighted by molar-refractivity contribution is 5.94. The van der Waals surface area contributed by atoms with Crippen LogP contribution in [0.25, 0.3) is 10.9 Å². The van der Waals surface area contributed by atoms with Crippen molar-refractivity contribution < 1.29 is 19.1 Å². The summed E-state index contributed by atoms with van der Waals surface area (Å²) in [4.78, 5) is 26.4. The number of rotatable bonds is 7. The number of carbonyl (C=O) groups is 2. The lowest BCUT2D eigenvalue weighted by Gasteiger charge is -2.27. The highest BCUT2D eigenvalue weighted by Gasteiger charge is 2.18. The number of nitrogens with two attached hydrogens (primary N) is 1. The second-order valence-electron chi connectivity index (χ2n) is 6.56. The van der Waals surface area contributed by atoms with Gasteiger partial charge in [-0.2, -0.15) is 0 Å². The number of fused-ring (bicyclic) bond motifs is 1. The molecule has 2 aromatic rings. The monoisotopic (exact) mass is 374 g/mol. The number of amides is 2. The van der Waals surface area contributed by atoms with Crippen LogP contribution in [-0.4, -0.2) is 67.3 Å². The molecule has 2 amide bonds. The average Bonchev–Trinajstić information content (AvgIpc) is 3.08. The second-order valence-corrected chi connectivity index (χ2v) is 6.56. The maximum Gasteiger partial charge on any atom is 0.242 e. The van der Waals surface area contributed by atoms with Crippen molar-refractivity contribution in [2.24, 2.45) is 5.73 Å². The molecule has 0 aliphatic carbocycles. The summed E-state index contributed by atoms with van der Waals surface area (Å²) in [7, 11) is 1.54. The van der Waals surface area contributed by atoms with Crippen molar-refractivity contribution in [2.45, 2.75) is 19.1 Å². The number of carbonyl (C=O) groups excluding carboxylic acids is 2. The van der Waals surface area contributed by atoms with Gasteiger partial charge in [-0.15, -0.1) is 0 Å². The minimum absolute atomic E-state index is 0.0839. The number of nitrogens with zero attached hydrogens (tertiary/aromatic N) is 2. The summed E-state index contributed by atoms with van der Waals surface area (Å²) in [5, 5.41) is 3.82. The molecule has 1 fully saturated rings. The molecule has 1 aliphatic rings. The molecule has 2 heterocycles. The lowest BCUT2D eigenvalue weighted by atomic mass is 10.2. The first-order chi connectivity index (χ1) is 13.1. The molecule has 3 rings (SSSR count). The van der Waals surface area contributed by atoms with Gasteiger partial charge >= 0.3 is 0 Å². The van der Waals surface area contributed by atoms with Crippen molar-refractivity contribution in [1.29, 1.82) is 0 Å².